The zero-order valence-corrected chi connectivity index (χ0v) is 12.9. The molecule has 3 unspecified atom stereocenters. The highest BCUT2D eigenvalue weighted by atomic mass is 35.5. The lowest BCUT2D eigenvalue weighted by Crippen LogP contribution is -2.32. The van der Waals surface area contributed by atoms with Crippen molar-refractivity contribution in [3.63, 3.8) is 0 Å². The third-order valence-electron chi connectivity index (χ3n) is 4.94. The van der Waals surface area contributed by atoms with E-state index in [-0.39, 0.29) is 0 Å². The summed E-state index contributed by atoms with van der Waals surface area (Å²) in [7, 11) is 0. The molecule has 2 aromatic rings. The number of benzene rings is 1. The molecule has 3 rings (SSSR count). The molecule has 0 radical (unpaired) electrons. The van der Waals surface area contributed by atoms with E-state index < -0.39 is 0 Å². The van der Waals surface area contributed by atoms with E-state index in [1.165, 1.54) is 19.3 Å². The lowest BCUT2D eigenvalue weighted by molar-refractivity contribution is 0.344. The molecule has 1 saturated carbocycles. The van der Waals surface area contributed by atoms with Crippen LogP contribution in [0, 0.1) is 11.8 Å². The van der Waals surface area contributed by atoms with Crippen molar-refractivity contribution in [2.75, 3.05) is 0 Å². The maximum absolute atomic E-state index is 6.24. The minimum atomic E-state index is 0.524. The number of hydrogen-bond acceptors (Lipinski definition) is 2. The normalized spacial score (nSPS) is 26.4. The van der Waals surface area contributed by atoms with Gasteiger partial charge < -0.3 is 9.73 Å². The largest absolute Gasteiger partial charge is 0.444 e. The van der Waals surface area contributed by atoms with Crippen LogP contribution in [0.15, 0.2) is 28.7 Å². The highest BCUT2D eigenvalue weighted by molar-refractivity contribution is 6.30. The fourth-order valence-electron chi connectivity index (χ4n) is 3.58. The molecule has 1 aliphatic carbocycles. The number of nitrogens with one attached hydrogen (secondary N) is 1. The van der Waals surface area contributed by atoms with Crippen LogP contribution in [-0.4, -0.2) is 6.04 Å². The van der Waals surface area contributed by atoms with Crippen molar-refractivity contribution in [1.29, 1.82) is 0 Å². The minimum absolute atomic E-state index is 0.524. The lowest BCUT2D eigenvalue weighted by atomic mass is 9.93. The van der Waals surface area contributed by atoms with E-state index in [4.69, 9.17) is 16.0 Å². The summed E-state index contributed by atoms with van der Waals surface area (Å²) in [6.45, 7) is 5.46. The second kappa shape index (κ2) is 5.79. The number of para-hydroxylation sites is 1. The molecule has 20 heavy (non-hydrogen) atoms. The summed E-state index contributed by atoms with van der Waals surface area (Å²) >= 11 is 6.24. The molecule has 1 aliphatic rings. The Kier molecular flexibility index (Phi) is 4.04. The van der Waals surface area contributed by atoms with Crippen LogP contribution in [-0.2, 0) is 6.54 Å². The van der Waals surface area contributed by atoms with Gasteiger partial charge in [0, 0.05) is 23.5 Å². The van der Waals surface area contributed by atoms with Crippen LogP contribution in [0.2, 0.25) is 5.22 Å². The Morgan fingerprint density at radius 3 is 2.85 bits per heavy atom. The summed E-state index contributed by atoms with van der Waals surface area (Å²) in [5, 5.41) is 5.34. The Hall–Kier alpha value is -0.990. The standard InChI is InChI=1S/C17H22ClNO/c1-3-12-8-9-15(11(12)2)19-10-14-13-6-4-5-7-16(13)20-17(14)18/h4-7,11-12,15,19H,3,8-10H2,1-2H3. The average molecular weight is 292 g/mol. The summed E-state index contributed by atoms with van der Waals surface area (Å²) in [4.78, 5) is 0. The zero-order chi connectivity index (χ0) is 14.1. The van der Waals surface area contributed by atoms with E-state index in [2.05, 4.69) is 25.2 Å². The van der Waals surface area contributed by atoms with Crippen LogP contribution in [0.5, 0.6) is 0 Å². The van der Waals surface area contributed by atoms with E-state index in [1.54, 1.807) is 0 Å². The Labute approximate surface area is 125 Å². The first kappa shape index (κ1) is 14.0. The Bertz CT molecular complexity index is 592. The maximum Gasteiger partial charge on any atom is 0.199 e. The molecule has 1 aromatic heterocycles. The molecule has 1 N–H and O–H groups in total. The molecule has 0 saturated heterocycles. The number of furan rings is 1. The van der Waals surface area contributed by atoms with Crippen LogP contribution >= 0.6 is 11.6 Å². The van der Waals surface area contributed by atoms with Crippen LogP contribution in [0.4, 0.5) is 0 Å². The fourth-order valence-corrected chi connectivity index (χ4v) is 3.83. The van der Waals surface area contributed by atoms with Gasteiger partial charge in [-0.1, -0.05) is 38.5 Å². The van der Waals surface area contributed by atoms with Crippen molar-refractivity contribution in [3.8, 4) is 0 Å². The molecule has 1 aromatic carbocycles. The smallest absolute Gasteiger partial charge is 0.199 e. The highest BCUT2D eigenvalue weighted by Gasteiger charge is 2.31. The second-order valence-corrected chi connectivity index (χ2v) is 6.29. The summed E-state index contributed by atoms with van der Waals surface area (Å²) in [6, 6.07) is 8.66. The minimum Gasteiger partial charge on any atom is -0.444 e. The van der Waals surface area contributed by atoms with Crippen molar-refractivity contribution in [2.24, 2.45) is 11.8 Å². The molecule has 0 amide bonds. The summed E-state index contributed by atoms with van der Waals surface area (Å²) in [6.07, 6.45) is 3.90. The molecular weight excluding hydrogens is 270 g/mol. The number of fused-ring (bicyclic) bond motifs is 1. The van der Waals surface area contributed by atoms with Gasteiger partial charge in [-0.25, -0.2) is 0 Å². The van der Waals surface area contributed by atoms with Crippen molar-refractivity contribution >= 4 is 22.6 Å². The van der Waals surface area contributed by atoms with Gasteiger partial charge in [0.05, 0.1) is 0 Å². The Balaban J connectivity index is 1.73. The molecule has 1 fully saturated rings. The summed E-state index contributed by atoms with van der Waals surface area (Å²) < 4.78 is 5.61. The van der Waals surface area contributed by atoms with E-state index in [0.29, 0.717) is 11.3 Å². The predicted molar refractivity (Wildman–Crippen MR) is 84.0 cm³/mol. The van der Waals surface area contributed by atoms with Crippen LogP contribution < -0.4 is 5.32 Å². The zero-order valence-electron chi connectivity index (χ0n) is 12.2. The van der Waals surface area contributed by atoms with Gasteiger partial charge in [-0.3, -0.25) is 0 Å². The van der Waals surface area contributed by atoms with Gasteiger partial charge in [-0.15, -0.1) is 0 Å². The molecule has 0 bridgehead atoms. The van der Waals surface area contributed by atoms with Gasteiger partial charge >= 0.3 is 0 Å². The van der Waals surface area contributed by atoms with E-state index >= 15 is 0 Å². The predicted octanol–water partition coefficient (Wildman–Crippen LogP) is 5.00. The van der Waals surface area contributed by atoms with E-state index in [9.17, 15) is 0 Å². The SMILES string of the molecule is CCC1CCC(NCc2c(Cl)oc3ccccc23)C1C. The first-order valence-corrected chi connectivity index (χ1v) is 7.97. The molecule has 1 heterocycles. The molecule has 3 heteroatoms. The Morgan fingerprint density at radius 2 is 2.10 bits per heavy atom. The van der Waals surface area contributed by atoms with Crippen LogP contribution in [0.1, 0.15) is 38.7 Å². The first-order valence-electron chi connectivity index (χ1n) is 7.60. The maximum atomic E-state index is 6.24. The molecule has 0 spiro atoms. The second-order valence-electron chi connectivity index (χ2n) is 5.94. The summed E-state index contributed by atoms with van der Waals surface area (Å²) in [5.74, 6) is 1.61. The first-order chi connectivity index (χ1) is 9.70. The molecule has 3 atom stereocenters. The molecule has 0 aliphatic heterocycles. The monoisotopic (exact) mass is 291 g/mol. The van der Waals surface area contributed by atoms with Crippen molar-refractivity contribution < 1.29 is 4.42 Å². The number of hydrogen-bond donors (Lipinski definition) is 1. The third kappa shape index (κ3) is 2.47. The average Bonchev–Trinajstić information content (AvgIpc) is 2.96. The van der Waals surface area contributed by atoms with Crippen LogP contribution in [0.25, 0.3) is 11.0 Å². The van der Waals surface area contributed by atoms with Gasteiger partial charge in [-0.05, 0) is 42.3 Å². The highest BCUT2D eigenvalue weighted by Crippen LogP contribution is 2.35. The van der Waals surface area contributed by atoms with Crippen molar-refractivity contribution in [3.05, 3.63) is 35.0 Å². The van der Waals surface area contributed by atoms with E-state index in [0.717, 1.165) is 34.9 Å². The van der Waals surface area contributed by atoms with Gasteiger partial charge in [-0.2, -0.15) is 0 Å². The fraction of sp³-hybridized carbons (Fsp3) is 0.529. The van der Waals surface area contributed by atoms with Gasteiger partial charge in [0.25, 0.3) is 0 Å². The number of rotatable bonds is 4. The van der Waals surface area contributed by atoms with Gasteiger partial charge in [0.2, 0.25) is 0 Å². The topological polar surface area (TPSA) is 25.2 Å². The van der Waals surface area contributed by atoms with Crippen molar-refractivity contribution in [1.82, 2.24) is 5.32 Å². The number of halogens is 1. The lowest BCUT2D eigenvalue weighted by Gasteiger charge is -2.20. The third-order valence-corrected chi connectivity index (χ3v) is 5.25. The molecule has 2 nitrogen and oxygen atoms in total. The van der Waals surface area contributed by atoms with Crippen LogP contribution in [0.3, 0.4) is 0 Å². The van der Waals surface area contributed by atoms with Crippen molar-refractivity contribution in [2.45, 2.75) is 45.7 Å². The summed E-state index contributed by atoms with van der Waals surface area (Å²) in [5.41, 5.74) is 1.97. The van der Waals surface area contributed by atoms with Gasteiger partial charge in [0.1, 0.15) is 5.58 Å². The van der Waals surface area contributed by atoms with Gasteiger partial charge in [0.15, 0.2) is 5.22 Å². The van der Waals surface area contributed by atoms with E-state index in [1.807, 2.05) is 18.2 Å². The Morgan fingerprint density at radius 1 is 1.30 bits per heavy atom. The molecular formula is C17H22ClNO. The quantitative estimate of drug-likeness (QED) is 0.857. The molecule has 108 valence electrons.